The van der Waals surface area contributed by atoms with Crippen LogP contribution in [0.4, 0.5) is 15.0 Å². The molecule has 1 aliphatic heterocycles. The van der Waals surface area contributed by atoms with Crippen LogP contribution in [0, 0.1) is 17.1 Å². The monoisotopic (exact) mass is 424 g/mol. The number of piperidine rings is 1. The van der Waals surface area contributed by atoms with Crippen LogP contribution in [0.2, 0.25) is 0 Å². The first kappa shape index (κ1) is 22.2. The molecule has 1 aliphatic rings. The van der Waals surface area contributed by atoms with Crippen molar-refractivity contribution >= 4 is 17.8 Å². The maximum Gasteiger partial charge on any atom is 0.410 e. The Balaban J connectivity index is 1.63. The van der Waals surface area contributed by atoms with Crippen molar-refractivity contribution in [1.82, 2.24) is 9.88 Å². The van der Waals surface area contributed by atoms with Gasteiger partial charge in [0, 0.05) is 24.7 Å². The molecule has 1 aromatic carbocycles. The van der Waals surface area contributed by atoms with Crippen molar-refractivity contribution in [3.8, 4) is 6.07 Å². The summed E-state index contributed by atoms with van der Waals surface area (Å²) >= 11 is 0. The molecule has 2 amide bonds. The lowest BCUT2D eigenvalue weighted by Gasteiger charge is -2.33. The van der Waals surface area contributed by atoms with E-state index in [4.69, 9.17) is 10.00 Å². The van der Waals surface area contributed by atoms with Crippen molar-refractivity contribution in [2.24, 2.45) is 0 Å². The fourth-order valence-electron chi connectivity index (χ4n) is 3.39. The molecule has 0 spiro atoms. The highest BCUT2D eigenvalue weighted by Gasteiger charge is 2.28. The van der Waals surface area contributed by atoms with Crippen LogP contribution in [-0.2, 0) is 4.74 Å². The minimum atomic E-state index is -0.762. The lowest BCUT2D eigenvalue weighted by atomic mass is 9.93. The average molecular weight is 424 g/mol. The van der Waals surface area contributed by atoms with E-state index in [2.05, 4.69) is 10.3 Å². The number of ether oxygens (including phenoxy) is 1. The van der Waals surface area contributed by atoms with Gasteiger partial charge in [-0.1, -0.05) is 6.07 Å². The number of nitrogens with one attached hydrogen (secondary N) is 1. The number of carbonyl (C=O) groups is 2. The van der Waals surface area contributed by atoms with Gasteiger partial charge in [0.1, 0.15) is 17.2 Å². The zero-order valence-corrected chi connectivity index (χ0v) is 17.8. The first-order valence-electron chi connectivity index (χ1n) is 10.1. The largest absolute Gasteiger partial charge is 0.444 e. The van der Waals surface area contributed by atoms with Crippen LogP contribution in [0.5, 0.6) is 0 Å². The second-order valence-electron chi connectivity index (χ2n) is 8.45. The van der Waals surface area contributed by atoms with Gasteiger partial charge in [0.05, 0.1) is 17.2 Å². The minimum Gasteiger partial charge on any atom is -0.444 e. The van der Waals surface area contributed by atoms with Crippen LogP contribution >= 0.6 is 0 Å². The molecule has 0 aliphatic carbocycles. The molecule has 2 heterocycles. The van der Waals surface area contributed by atoms with Gasteiger partial charge in [-0.2, -0.15) is 5.26 Å². The number of amides is 2. The summed E-state index contributed by atoms with van der Waals surface area (Å²) in [5.41, 5.74) is 0.266. The first-order chi connectivity index (χ1) is 14.7. The third-order valence-electron chi connectivity index (χ3n) is 4.92. The lowest BCUT2D eigenvalue weighted by molar-refractivity contribution is 0.0204. The van der Waals surface area contributed by atoms with E-state index in [1.165, 1.54) is 12.1 Å². The molecule has 1 aromatic heterocycles. The minimum absolute atomic E-state index is 0.141. The summed E-state index contributed by atoms with van der Waals surface area (Å²) in [6, 6.07) is 10.8. The number of aromatic nitrogens is 1. The summed E-state index contributed by atoms with van der Waals surface area (Å²) < 4.78 is 19.5. The number of anilines is 1. The molecule has 1 N–H and O–H groups in total. The van der Waals surface area contributed by atoms with Gasteiger partial charge in [-0.3, -0.25) is 4.79 Å². The number of nitriles is 1. The predicted molar refractivity (Wildman–Crippen MR) is 113 cm³/mol. The van der Waals surface area contributed by atoms with Gasteiger partial charge in [-0.25, -0.2) is 14.2 Å². The lowest BCUT2D eigenvalue weighted by Crippen LogP contribution is -2.41. The highest BCUT2D eigenvalue weighted by atomic mass is 19.1. The zero-order chi connectivity index (χ0) is 22.6. The summed E-state index contributed by atoms with van der Waals surface area (Å²) in [6.45, 7) is 6.64. The molecule has 0 unspecified atom stereocenters. The predicted octanol–water partition coefficient (Wildman–Crippen LogP) is 4.46. The molecule has 8 heteroatoms. The van der Waals surface area contributed by atoms with Crippen LogP contribution in [0.25, 0.3) is 0 Å². The summed E-state index contributed by atoms with van der Waals surface area (Å²) in [5.74, 6) is -0.934. The average Bonchev–Trinajstić information content (AvgIpc) is 2.72. The highest BCUT2D eigenvalue weighted by Crippen LogP contribution is 2.28. The van der Waals surface area contributed by atoms with Crippen molar-refractivity contribution in [1.29, 1.82) is 5.26 Å². The highest BCUT2D eigenvalue weighted by molar-refractivity contribution is 6.04. The topological polar surface area (TPSA) is 95.3 Å². The van der Waals surface area contributed by atoms with E-state index in [0.717, 1.165) is 24.6 Å². The Hall–Kier alpha value is -3.47. The number of nitrogens with zero attached hydrogens (tertiary/aromatic N) is 3. The van der Waals surface area contributed by atoms with E-state index in [0.29, 0.717) is 18.9 Å². The Bertz CT molecular complexity index is 1020. The maximum absolute atomic E-state index is 14.1. The standard InChI is InChI=1S/C23H25FN4O3/c1-23(2,3)31-22(30)28-11-9-16(10-12-28)19-5-4-6-20(26-19)27-21(29)17-8-7-15(14-25)13-18(17)24/h4-8,13,16H,9-12H2,1-3H3,(H,26,27,29). The number of halogens is 1. The Morgan fingerprint density at radius 1 is 1.23 bits per heavy atom. The summed E-state index contributed by atoms with van der Waals surface area (Å²) in [4.78, 5) is 30.9. The number of pyridine rings is 1. The number of likely N-dealkylation sites (tertiary alicyclic amines) is 1. The van der Waals surface area contributed by atoms with Gasteiger partial charge in [0.2, 0.25) is 0 Å². The quantitative estimate of drug-likeness (QED) is 0.785. The van der Waals surface area contributed by atoms with E-state index in [1.807, 2.05) is 32.9 Å². The van der Waals surface area contributed by atoms with E-state index < -0.39 is 17.3 Å². The molecule has 3 rings (SSSR count). The Labute approximate surface area is 180 Å². The van der Waals surface area contributed by atoms with Crippen LogP contribution < -0.4 is 5.32 Å². The smallest absolute Gasteiger partial charge is 0.410 e. The van der Waals surface area contributed by atoms with Gasteiger partial charge < -0.3 is 15.0 Å². The normalized spacial score (nSPS) is 14.6. The van der Waals surface area contributed by atoms with E-state index in [1.54, 1.807) is 17.0 Å². The van der Waals surface area contributed by atoms with Gasteiger partial charge in [0.25, 0.3) is 5.91 Å². The third-order valence-corrected chi connectivity index (χ3v) is 4.92. The summed E-state index contributed by atoms with van der Waals surface area (Å²) in [6.07, 6.45) is 1.14. The number of rotatable bonds is 3. The second-order valence-corrected chi connectivity index (χ2v) is 8.45. The summed E-state index contributed by atoms with van der Waals surface area (Å²) in [7, 11) is 0. The molecule has 0 atom stereocenters. The molecule has 162 valence electrons. The molecular weight excluding hydrogens is 399 g/mol. The van der Waals surface area contributed by atoms with Gasteiger partial charge in [-0.05, 0) is 63.9 Å². The molecule has 31 heavy (non-hydrogen) atoms. The van der Waals surface area contributed by atoms with Crippen LogP contribution in [0.15, 0.2) is 36.4 Å². The fourth-order valence-corrected chi connectivity index (χ4v) is 3.39. The zero-order valence-electron chi connectivity index (χ0n) is 17.8. The van der Waals surface area contributed by atoms with Gasteiger partial charge in [-0.15, -0.1) is 0 Å². The maximum atomic E-state index is 14.1. The van der Waals surface area contributed by atoms with Crippen molar-refractivity contribution in [2.75, 3.05) is 18.4 Å². The van der Waals surface area contributed by atoms with Gasteiger partial charge >= 0.3 is 6.09 Å². The van der Waals surface area contributed by atoms with Crippen molar-refractivity contribution in [2.45, 2.75) is 45.1 Å². The molecule has 0 saturated carbocycles. The molecule has 0 radical (unpaired) electrons. The second kappa shape index (κ2) is 9.13. The summed E-state index contributed by atoms with van der Waals surface area (Å²) in [5, 5.41) is 11.4. The number of benzene rings is 1. The van der Waals surface area contributed by atoms with Crippen molar-refractivity contribution in [3.63, 3.8) is 0 Å². The molecule has 7 nitrogen and oxygen atoms in total. The number of hydrogen-bond acceptors (Lipinski definition) is 5. The van der Waals surface area contributed by atoms with E-state index >= 15 is 0 Å². The number of carbonyl (C=O) groups excluding carboxylic acids is 2. The van der Waals surface area contributed by atoms with Crippen LogP contribution in [0.1, 0.15) is 61.1 Å². The Morgan fingerprint density at radius 3 is 2.55 bits per heavy atom. The van der Waals surface area contributed by atoms with E-state index in [9.17, 15) is 14.0 Å². The van der Waals surface area contributed by atoms with E-state index in [-0.39, 0.29) is 23.1 Å². The van der Waals surface area contributed by atoms with Crippen LogP contribution in [-0.4, -0.2) is 40.6 Å². The molecular formula is C23H25FN4O3. The SMILES string of the molecule is CC(C)(C)OC(=O)N1CCC(c2cccc(NC(=O)c3ccc(C#N)cc3F)n2)CC1. The van der Waals surface area contributed by atoms with Crippen LogP contribution in [0.3, 0.4) is 0 Å². The van der Waals surface area contributed by atoms with Crippen molar-refractivity contribution < 1.29 is 18.7 Å². The molecule has 1 saturated heterocycles. The molecule has 0 bridgehead atoms. The molecule has 2 aromatic rings. The van der Waals surface area contributed by atoms with Gasteiger partial charge in [0.15, 0.2) is 0 Å². The number of hydrogen-bond donors (Lipinski definition) is 1. The van der Waals surface area contributed by atoms with Crippen molar-refractivity contribution in [3.05, 3.63) is 59.0 Å². The third kappa shape index (κ3) is 5.79. The Morgan fingerprint density at radius 2 is 1.94 bits per heavy atom. The Kier molecular flexibility index (Phi) is 6.54. The molecule has 1 fully saturated rings. The first-order valence-corrected chi connectivity index (χ1v) is 10.1. The fraction of sp³-hybridized carbons (Fsp3) is 0.391.